The first-order valence-electron chi connectivity index (χ1n) is 11.0. The molecule has 152 valence electrons. The molecule has 0 spiro atoms. The number of aryl methyl sites for hydroxylation is 1. The fourth-order valence-electron chi connectivity index (χ4n) is 3.70. The molecule has 1 rings (SSSR count). The zero-order valence-corrected chi connectivity index (χ0v) is 22.5. The van der Waals surface area contributed by atoms with Crippen LogP contribution in [0.25, 0.3) is 0 Å². The van der Waals surface area contributed by atoms with Crippen molar-refractivity contribution in [2.45, 2.75) is 105 Å². The van der Waals surface area contributed by atoms with Crippen molar-refractivity contribution in [2.24, 2.45) is 0 Å². The van der Waals surface area contributed by atoms with Gasteiger partial charge in [-0.1, -0.05) is 0 Å². The standard InChI is InChI=1S/C9H17N2OSi.3C4H9.Sn/c1-9-10-5-6-11(9)12-7-8-13(2,3)4;3*1-3-4-2;/h5H,7-8H2,1-4H3;3*1,3-4H2,2H3;. The first-order chi connectivity index (χ1) is 12.3. The molecule has 0 aliphatic rings. The maximum absolute atomic E-state index is 6.37. The van der Waals surface area contributed by atoms with Gasteiger partial charge in [-0.3, -0.25) is 0 Å². The Morgan fingerprint density at radius 2 is 1.46 bits per heavy atom. The summed E-state index contributed by atoms with van der Waals surface area (Å²) in [6.07, 6.45) is 10.3. The van der Waals surface area contributed by atoms with Gasteiger partial charge in [0.25, 0.3) is 0 Å². The van der Waals surface area contributed by atoms with Crippen molar-refractivity contribution in [1.29, 1.82) is 0 Å². The third kappa shape index (κ3) is 7.57. The number of rotatable bonds is 14. The number of nitrogens with zero attached hydrogens (tertiary/aromatic N) is 2. The van der Waals surface area contributed by atoms with E-state index in [1.807, 2.05) is 0 Å². The van der Waals surface area contributed by atoms with Crippen molar-refractivity contribution in [1.82, 2.24) is 9.71 Å². The Labute approximate surface area is 168 Å². The van der Waals surface area contributed by atoms with E-state index >= 15 is 0 Å². The number of imidazole rings is 1. The molecule has 1 aromatic heterocycles. The summed E-state index contributed by atoms with van der Waals surface area (Å²) in [6.45, 7) is 17.2. The topological polar surface area (TPSA) is 27.1 Å². The molecule has 0 unspecified atom stereocenters. The summed E-state index contributed by atoms with van der Waals surface area (Å²) in [5, 5.41) is 0. The zero-order valence-electron chi connectivity index (χ0n) is 18.7. The van der Waals surface area contributed by atoms with E-state index in [1.165, 1.54) is 57.9 Å². The Morgan fingerprint density at radius 1 is 0.962 bits per heavy atom. The van der Waals surface area contributed by atoms with Crippen molar-refractivity contribution in [3.8, 4) is 0 Å². The Balaban J connectivity index is 3.13. The van der Waals surface area contributed by atoms with Gasteiger partial charge in [-0.25, -0.2) is 0 Å². The predicted molar refractivity (Wildman–Crippen MR) is 121 cm³/mol. The molecule has 1 aromatic rings. The molecule has 26 heavy (non-hydrogen) atoms. The monoisotopic (exact) mass is 488 g/mol. The minimum atomic E-state index is -2.48. The van der Waals surface area contributed by atoms with Crippen molar-refractivity contribution in [3.63, 3.8) is 0 Å². The quantitative estimate of drug-likeness (QED) is 0.301. The van der Waals surface area contributed by atoms with E-state index in [9.17, 15) is 0 Å². The molecule has 0 N–H and O–H groups in total. The molecule has 0 saturated carbocycles. The van der Waals surface area contributed by atoms with Crippen LogP contribution in [0.5, 0.6) is 0 Å². The second-order valence-corrected chi connectivity index (χ2v) is 27.9. The van der Waals surface area contributed by atoms with Crippen LogP contribution in [-0.2, 0) is 0 Å². The summed E-state index contributed by atoms with van der Waals surface area (Å²) in [6, 6.07) is 1.21. The van der Waals surface area contributed by atoms with Crippen LogP contribution < -0.4 is 8.55 Å². The van der Waals surface area contributed by atoms with Crippen molar-refractivity contribution >= 4 is 30.2 Å². The van der Waals surface area contributed by atoms with E-state index < -0.39 is 26.5 Å². The molecule has 0 bridgehead atoms. The van der Waals surface area contributed by atoms with Gasteiger partial charge in [-0.2, -0.15) is 0 Å². The van der Waals surface area contributed by atoms with Crippen LogP contribution in [0, 0.1) is 6.92 Å². The van der Waals surface area contributed by atoms with E-state index in [0.717, 1.165) is 12.4 Å². The van der Waals surface area contributed by atoms with E-state index in [2.05, 4.69) is 58.3 Å². The van der Waals surface area contributed by atoms with Crippen LogP contribution in [0.2, 0.25) is 39.0 Å². The molecule has 0 saturated heterocycles. The summed E-state index contributed by atoms with van der Waals surface area (Å²) in [5.74, 6) is 1.06. The Morgan fingerprint density at radius 3 is 1.88 bits per heavy atom. The van der Waals surface area contributed by atoms with Crippen LogP contribution in [-0.4, -0.2) is 42.8 Å². The fraction of sp³-hybridized carbons (Fsp3) is 0.857. The van der Waals surface area contributed by atoms with Crippen LogP contribution in [0.3, 0.4) is 0 Å². The van der Waals surface area contributed by atoms with Gasteiger partial charge in [0.05, 0.1) is 0 Å². The Hall–Kier alpha value is 0.0256. The molecule has 1 heterocycles. The van der Waals surface area contributed by atoms with E-state index in [1.54, 1.807) is 3.71 Å². The minimum absolute atomic E-state index is 0.844. The van der Waals surface area contributed by atoms with Gasteiger partial charge in [0, 0.05) is 0 Å². The average Bonchev–Trinajstić information content (AvgIpc) is 2.95. The molecule has 0 amide bonds. The van der Waals surface area contributed by atoms with E-state index in [0.29, 0.717) is 0 Å². The van der Waals surface area contributed by atoms with Gasteiger partial charge < -0.3 is 0 Å². The molecule has 0 aliphatic carbocycles. The molecule has 0 aliphatic heterocycles. The normalized spacial score (nSPS) is 12.6. The van der Waals surface area contributed by atoms with Crippen LogP contribution in [0.1, 0.15) is 65.1 Å². The zero-order chi connectivity index (χ0) is 19.6. The Kier molecular flexibility index (Phi) is 10.9. The van der Waals surface area contributed by atoms with Gasteiger partial charge in [-0.15, -0.1) is 0 Å². The summed E-state index contributed by atoms with van der Waals surface area (Å²) in [5.41, 5.74) is 0. The fourth-order valence-corrected chi connectivity index (χ4v) is 20.4. The SMILES string of the molecule is CCC[CH2][Sn]([CH2]CCC)([CH2]CCC)[c]1cnc(C)n1OCC[Si](C)(C)C. The molecule has 0 fully saturated rings. The first kappa shape index (κ1) is 24.1. The first-order valence-corrected chi connectivity index (χ1v) is 22.2. The predicted octanol–water partition coefficient (Wildman–Crippen LogP) is 6.01. The summed E-state index contributed by atoms with van der Waals surface area (Å²) < 4.78 is 8.13. The van der Waals surface area contributed by atoms with Crippen molar-refractivity contribution in [3.05, 3.63) is 12.0 Å². The van der Waals surface area contributed by atoms with Gasteiger partial charge >= 0.3 is 169 Å². The van der Waals surface area contributed by atoms with Gasteiger partial charge in [-0.05, 0) is 0 Å². The number of aromatic nitrogens is 2. The van der Waals surface area contributed by atoms with Crippen molar-refractivity contribution < 1.29 is 4.84 Å². The van der Waals surface area contributed by atoms with Crippen LogP contribution >= 0.6 is 0 Å². The third-order valence-corrected chi connectivity index (χ3v) is 22.5. The van der Waals surface area contributed by atoms with Crippen LogP contribution in [0.15, 0.2) is 6.20 Å². The van der Waals surface area contributed by atoms with Gasteiger partial charge in [0.15, 0.2) is 0 Å². The molecular formula is C21H44N2OSiSn. The summed E-state index contributed by atoms with van der Waals surface area (Å²) in [4.78, 5) is 11.1. The summed E-state index contributed by atoms with van der Waals surface area (Å²) in [7, 11) is -1.08. The molecule has 0 radical (unpaired) electrons. The Bertz CT molecular complexity index is 489. The molecule has 0 atom stereocenters. The average molecular weight is 487 g/mol. The maximum atomic E-state index is 6.37. The van der Waals surface area contributed by atoms with E-state index in [4.69, 9.17) is 9.82 Å². The van der Waals surface area contributed by atoms with Crippen LogP contribution in [0.4, 0.5) is 0 Å². The van der Waals surface area contributed by atoms with Crippen molar-refractivity contribution in [2.75, 3.05) is 6.61 Å². The summed E-state index contributed by atoms with van der Waals surface area (Å²) >= 11 is -2.48. The molecule has 0 aromatic carbocycles. The second-order valence-electron chi connectivity index (χ2n) is 9.22. The number of unbranched alkanes of at least 4 members (excludes halogenated alkanes) is 3. The number of hydrogen-bond donors (Lipinski definition) is 0. The number of hydrogen-bond acceptors (Lipinski definition) is 2. The molecule has 5 heteroatoms. The molecular weight excluding hydrogens is 443 g/mol. The third-order valence-electron chi connectivity index (χ3n) is 5.53. The van der Waals surface area contributed by atoms with Gasteiger partial charge in [0.1, 0.15) is 0 Å². The van der Waals surface area contributed by atoms with Gasteiger partial charge in [0.2, 0.25) is 0 Å². The van der Waals surface area contributed by atoms with E-state index in [-0.39, 0.29) is 0 Å². The second kappa shape index (κ2) is 11.8. The molecule has 3 nitrogen and oxygen atoms in total.